The molecule has 0 aromatic carbocycles. The minimum atomic E-state index is -0.749. The summed E-state index contributed by atoms with van der Waals surface area (Å²) < 4.78 is 10.7. The summed E-state index contributed by atoms with van der Waals surface area (Å²) in [6.07, 6.45) is 3.15. The zero-order valence-corrected chi connectivity index (χ0v) is 7.88. The summed E-state index contributed by atoms with van der Waals surface area (Å²) in [5.74, 6) is 0. The molecule has 1 saturated heterocycles. The van der Waals surface area contributed by atoms with Gasteiger partial charge < -0.3 is 14.6 Å². The van der Waals surface area contributed by atoms with Crippen molar-refractivity contribution < 1.29 is 14.6 Å². The minimum Gasteiger partial charge on any atom is -0.388 e. The Morgan fingerprint density at radius 1 is 1.50 bits per heavy atom. The van der Waals surface area contributed by atoms with Crippen molar-refractivity contribution in [1.82, 2.24) is 0 Å². The van der Waals surface area contributed by atoms with Crippen LogP contribution in [0.25, 0.3) is 0 Å². The second-order valence-electron chi connectivity index (χ2n) is 3.92. The maximum atomic E-state index is 9.37. The molecule has 1 fully saturated rings. The van der Waals surface area contributed by atoms with Crippen LogP contribution in [0, 0.1) is 0 Å². The molecule has 0 spiro atoms. The van der Waals surface area contributed by atoms with Gasteiger partial charge in [0, 0.05) is 6.61 Å². The van der Waals surface area contributed by atoms with Gasteiger partial charge in [0.1, 0.15) is 0 Å². The van der Waals surface area contributed by atoms with Gasteiger partial charge >= 0.3 is 0 Å². The van der Waals surface area contributed by atoms with Crippen LogP contribution in [-0.4, -0.2) is 30.2 Å². The van der Waals surface area contributed by atoms with E-state index in [1.807, 2.05) is 0 Å². The van der Waals surface area contributed by atoms with Gasteiger partial charge in [-0.05, 0) is 33.1 Å². The van der Waals surface area contributed by atoms with Crippen LogP contribution < -0.4 is 0 Å². The predicted octanol–water partition coefficient (Wildman–Crippen LogP) is 1.30. The van der Waals surface area contributed by atoms with Gasteiger partial charge in [-0.3, -0.25) is 0 Å². The third kappa shape index (κ3) is 4.04. The van der Waals surface area contributed by atoms with Gasteiger partial charge in [-0.1, -0.05) is 0 Å². The van der Waals surface area contributed by atoms with Crippen molar-refractivity contribution in [3.05, 3.63) is 0 Å². The Balaban J connectivity index is 2.13. The molecule has 0 aromatic heterocycles. The zero-order chi connectivity index (χ0) is 9.03. The van der Waals surface area contributed by atoms with E-state index < -0.39 is 5.60 Å². The fourth-order valence-electron chi connectivity index (χ4n) is 1.14. The lowest BCUT2D eigenvalue weighted by Gasteiger charge is -2.26. The maximum Gasteiger partial charge on any atom is 0.157 e. The lowest BCUT2D eigenvalue weighted by Crippen LogP contribution is -2.32. The third-order valence-electron chi connectivity index (χ3n) is 1.76. The molecule has 1 N–H and O–H groups in total. The van der Waals surface area contributed by atoms with E-state index in [1.54, 1.807) is 13.8 Å². The Kier molecular flexibility index (Phi) is 3.50. The van der Waals surface area contributed by atoms with Crippen LogP contribution >= 0.6 is 0 Å². The third-order valence-corrected chi connectivity index (χ3v) is 1.76. The summed E-state index contributed by atoms with van der Waals surface area (Å²) in [4.78, 5) is 0. The highest BCUT2D eigenvalue weighted by Gasteiger charge is 2.19. The first-order valence-electron chi connectivity index (χ1n) is 4.53. The first kappa shape index (κ1) is 9.96. The van der Waals surface area contributed by atoms with E-state index in [2.05, 4.69) is 0 Å². The molecule has 0 amide bonds. The normalized spacial score (nSPS) is 25.8. The SMILES string of the molecule is CC(C)(O)CO[C@@H]1CCCCO1. The number of rotatable bonds is 3. The van der Waals surface area contributed by atoms with E-state index in [0.717, 1.165) is 25.9 Å². The molecule has 1 atom stereocenters. The topological polar surface area (TPSA) is 38.7 Å². The van der Waals surface area contributed by atoms with Crippen LogP contribution in [0.4, 0.5) is 0 Å². The van der Waals surface area contributed by atoms with Crippen LogP contribution in [0.15, 0.2) is 0 Å². The monoisotopic (exact) mass is 174 g/mol. The van der Waals surface area contributed by atoms with Crippen molar-refractivity contribution in [2.45, 2.75) is 45.0 Å². The smallest absolute Gasteiger partial charge is 0.157 e. The molecule has 1 rings (SSSR count). The molecule has 1 heterocycles. The van der Waals surface area contributed by atoms with E-state index in [1.165, 1.54) is 0 Å². The van der Waals surface area contributed by atoms with Crippen molar-refractivity contribution in [2.75, 3.05) is 13.2 Å². The Bertz CT molecular complexity index is 122. The van der Waals surface area contributed by atoms with E-state index in [-0.39, 0.29) is 6.29 Å². The maximum absolute atomic E-state index is 9.37. The van der Waals surface area contributed by atoms with Crippen molar-refractivity contribution in [2.24, 2.45) is 0 Å². The molecule has 0 aliphatic carbocycles. The molecule has 72 valence electrons. The minimum absolute atomic E-state index is 0.0924. The van der Waals surface area contributed by atoms with E-state index in [0.29, 0.717) is 6.61 Å². The molecule has 0 aromatic rings. The molecule has 0 saturated carbocycles. The molecule has 0 radical (unpaired) electrons. The van der Waals surface area contributed by atoms with Gasteiger partial charge in [0.15, 0.2) is 6.29 Å². The molecule has 1 aliphatic rings. The van der Waals surface area contributed by atoms with Crippen LogP contribution in [-0.2, 0) is 9.47 Å². The quantitative estimate of drug-likeness (QED) is 0.701. The summed E-state index contributed by atoms with van der Waals surface area (Å²) in [6, 6.07) is 0. The Morgan fingerprint density at radius 3 is 2.75 bits per heavy atom. The first-order chi connectivity index (χ1) is 5.58. The van der Waals surface area contributed by atoms with Crippen molar-refractivity contribution in [3.63, 3.8) is 0 Å². The van der Waals surface area contributed by atoms with Crippen LogP contribution in [0.3, 0.4) is 0 Å². The largest absolute Gasteiger partial charge is 0.388 e. The molecular formula is C9H18O3. The number of aliphatic hydroxyl groups is 1. The van der Waals surface area contributed by atoms with E-state index >= 15 is 0 Å². The van der Waals surface area contributed by atoms with Crippen molar-refractivity contribution in [1.29, 1.82) is 0 Å². The number of hydrogen-bond acceptors (Lipinski definition) is 3. The fourth-order valence-corrected chi connectivity index (χ4v) is 1.14. The summed E-state index contributed by atoms with van der Waals surface area (Å²) in [5, 5.41) is 9.37. The summed E-state index contributed by atoms with van der Waals surface area (Å²) in [5.41, 5.74) is -0.749. The van der Waals surface area contributed by atoms with Gasteiger partial charge in [0.2, 0.25) is 0 Å². The zero-order valence-electron chi connectivity index (χ0n) is 7.88. The van der Waals surface area contributed by atoms with Crippen LogP contribution in [0.5, 0.6) is 0 Å². The molecule has 12 heavy (non-hydrogen) atoms. The highest BCUT2D eigenvalue weighted by Crippen LogP contribution is 2.15. The summed E-state index contributed by atoms with van der Waals surface area (Å²) in [6.45, 7) is 4.60. The average molecular weight is 174 g/mol. The fraction of sp³-hybridized carbons (Fsp3) is 1.00. The lowest BCUT2D eigenvalue weighted by molar-refractivity contribution is -0.186. The molecule has 0 bridgehead atoms. The molecule has 3 heteroatoms. The van der Waals surface area contributed by atoms with Gasteiger partial charge in [0.25, 0.3) is 0 Å². The summed E-state index contributed by atoms with van der Waals surface area (Å²) >= 11 is 0. The van der Waals surface area contributed by atoms with E-state index in [9.17, 15) is 5.11 Å². The average Bonchev–Trinajstić information content (AvgIpc) is 2.02. The second kappa shape index (κ2) is 4.21. The van der Waals surface area contributed by atoms with Crippen molar-refractivity contribution >= 4 is 0 Å². The van der Waals surface area contributed by atoms with Crippen molar-refractivity contribution in [3.8, 4) is 0 Å². The van der Waals surface area contributed by atoms with E-state index in [4.69, 9.17) is 9.47 Å². The van der Waals surface area contributed by atoms with Gasteiger partial charge in [-0.2, -0.15) is 0 Å². The summed E-state index contributed by atoms with van der Waals surface area (Å²) in [7, 11) is 0. The molecule has 0 unspecified atom stereocenters. The van der Waals surface area contributed by atoms with Crippen LogP contribution in [0.1, 0.15) is 33.1 Å². The lowest BCUT2D eigenvalue weighted by atomic mass is 10.1. The predicted molar refractivity (Wildman–Crippen MR) is 45.8 cm³/mol. The standard InChI is InChI=1S/C9H18O3/c1-9(2,10)7-12-8-5-3-4-6-11-8/h8,10H,3-7H2,1-2H3/t8-/m1/s1. The first-order valence-corrected chi connectivity index (χ1v) is 4.53. The molecule has 3 nitrogen and oxygen atoms in total. The Labute approximate surface area is 73.7 Å². The Morgan fingerprint density at radius 2 is 2.25 bits per heavy atom. The highest BCUT2D eigenvalue weighted by atomic mass is 16.7. The Hall–Kier alpha value is -0.120. The van der Waals surface area contributed by atoms with Gasteiger partial charge in [-0.25, -0.2) is 0 Å². The molecule has 1 aliphatic heterocycles. The number of hydrogen-bond donors (Lipinski definition) is 1. The highest BCUT2D eigenvalue weighted by molar-refractivity contribution is 4.64. The van der Waals surface area contributed by atoms with Gasteiger partial charge in [-0.15, -0.1) is 0 Å². The second-order valence-corrected chi connectivity index (χ2v) is 3.92. The van der Waals surface area contributed by atoms with Gasteiger partial charge in [0.05, 0.1) is 12.2 Å². The molecular weight excluding hydrogens is 156 g/mol. The number of ether oxygens (including phenoxy) is 2. The van der Waals surface area contributed by atoms with Crippen LogP contribution in [0.2, 0.25) is 0 Å².